The van der Waals surface area contributed by atoms with Crippen molar-refractivity contribution in [3.63, 3.8) is 0 Å². The Morgan fingerprint density at radius 1 is 1.48 bits per heavy atom. The van der Waals surface area contributed by atoms with Gasteiger partial charge in [0.05, 0.1) is 17.3 Å². The van der Waals surface area contributed by atoms with Gasteiger partial charge < -0.3 is 5.32 Å². The molecule has 0 spiro atoms. The molecule has 2 aromatic heterocycles. The van der Waals surface area contributed by atoms with Gasteiger partial charge in [-0.3, -0.25) is 4.79 Å². The van der Waals surface area contributed by atoms with E-state index in [1.165, 1.54) is 23.0 Å². The first-order valence-corrected chi connectivity index (χ1v) is 10.9. The monoisotopic (exact) mass is 371 g/mol. The smallest absolute Gasteiger partial charge is 0.230 e. The number of aryl methyl sites for hydroxylation is 1. The van der Waals surface area contributed by atoms with E-state index >= 15 is 0 Å². The number of sulfone groups is 1. The van der Waals surface area contributed by atoms with Gasteiger partial charge in [0.2, 0.25) is 5.91 Å². The summed E-state index contributed by atoms with van der Waals surface area (Å²) in [4.78, 5) is 22.7. The summed E-state index contributed by atoms with van der Waals surface area (Å²) in [7, 11) is -2.98. The molecule has 0 saturated carbocycles. The topological polar surface area (TPSA) is 89.0 Å². The van der Waals surface area contributed by atoms with E-state index in [0.29, 0.717) is 6.42 Å². The Morgan fingerprint density at radius 2 is 2.30 bits per heavy atom. The fourth-order valence-electron chi connectivity index (χ4n) is 2.49. The molecule has 3 heterocycles. The summed E-state index contributed by atoms with van der Waals surface area (Å²) in [5.41, 5.74) is 0. The second-order valence-electron chi connectivity index (χ2n) is 5.42. The van der Waals surface area contributed by atoms with Gasteiger partial charge in [0.25, 0.3) is 0 Å². The lowest BCUT2D eigenvalue weighted by molar-refractivity contribution is -0.119. The minimum Gasteiger partial charge on any atom is -0.352 e. The molecule has 1 amide bonds. The largest absolute Gasteiger partial charge is 0.352 e. The number of amides is 1. The lowest BCUT2D eigenvalue weighted by Crippen LogP contribution is -2.36. The summed E-state index contributed by atoms with van der Waals surface area (Å²) in [5.74, 6) is 0.271. The molecule has 0 unspecified atom stereocenters. The maximum atomic E-state index is 12.0. The average Bonchev–Trinajstić information content (AvgIpc) is 3.08. The number of rotatable bonds is 5. The summed E-state index contributed by atoms with van der Waals surface area (Å²) >= 11 is 3.00. The van der Waals surface area contributed by atoms with Crippen LogP contribution in [0.25, 0.3) is 10.2 Å². The van der Waals surface area contributed by atoms with E-state index in [2.05, 4.69) is 28.3 Å². The summed E-state index contributed by atoms with van der Waals surface area (Å²) in [5, 5.41) is 4.56. The number of thioether (sulfide) groups is 1. The SMILES string of the molecule is CCc1cc2c(SCC(=O)N[C@@H]3CCS(=O)(=O)C3)ncnc2s1. The zero-order valence-corrected chi connectivity index (χ0v) is 15.1. The Kier molecular flexibility index (Phi) is 4.88. The Balaban J connectivity index is 1.62. The Morgan fingerprint density at radius 3 is 3.00 bits per heavy atom. The lowest BCUT2D eigenvalue weighted by atomic mass is 10.3. The molecule has 1 N–H and O–H groups in total. The van der Waals surface area contributed by atoms with Gasteiger partial charge >= 0.3 is 0 Å². The molecule has 23 heavy (non-hydrogen) atoms. The van der Waals surface area contributed by atoms with Crippen LogP contribution in [0, 0.1) is 0 Å². The third kappa shape index (κ3) is 4.02. The van der Waals surface area contributed by atoms with Gasteiger partial charge in [0, 0.05) is 16.3 Å². The van der Waals surface area contributed by atoms with Crippen LogP contribution in [-0.4, -0.2) is 47.6 Å². The van der Waals surface area contributed by atoms with Crippen LogP contribution in [0.3, 0.4) is 0 Å². The highest BCUT2D eigenvalue weighted by Gasteiger charge is 2.28. The van der Waals surface area contributed by atoms with Gasteiger partial charge in [-0.15, -0.1) is 11.3 Å². The Hall–Kier alpha value is -1.19. The normalized spacial score (nSPS) is 20.0. The minimum atomic E-state index is -2.98. The van der Waals surface area contributed by atoms with E-state index in [-0.39, 0.29) is 29.2 Å². The highest BCUT2D eigenvalue weighted by Crippen LogP contribution is 2.30. The zero-order chi connectivity index (χ0) is 16.4. The third-order valence-corrected chi connectivity index (χ3v) is 7.59. The van der Waals surface area contributed by atoms with Crippen molar-refractivity contribution in [1.82, 2.24) is 15.3 Å². The lowest BCUT2D eigenvalue weighted by Gasteiger charge is -2.10. The number of hydrogen-bond acceptors (Lipinski definition) is 7. The summed E-state index contributed by atoms with van der Waals surface area (Å²) < 4.78 is 22.8. The quantitative estimate of drug-likeness (QED) is 0.635. The van der Waals surface area contributed by atoms with Gasteiger partial charge in [-0.25, -0.2) is 18.4 Å². The molecule has 0 bridgehead atoms. The summed E-state index contributed by atoms with van der Waals surface area (Å²) in [6, 6.07) is 1.82. The van der Waals surface area contributed by atoms with Crippen LogP contribution >= 0.6 is 23.1 Å². The Bertz CT molecular complexity index is 832. The standard InChI is InChI=1S/C14H17N3O3S3/c1-2-10-5-11-13(15-8-16-14(11)22-10)21-6-12(18)17-9-3-4-23(19,20)7-9/h5,8-9H,2-4,6-7H2,1H3,(H,17,18)/t9-/m1/s1. The number of hydrogen-bond donors (Lipinski definition) is 1. The molecule has 1 fully saturated rings. The first-order valence-electron chi connectivity index (χ1n) is 7.33. The van der Waals surface area contributed by atoms with Crippen LogP contribution in [0.15, 0.2) is 17.4 Å². The number of carbonyl (C=O) groups is 1. The summed E-state index contributed by atoms with van der Waals surface area (Å²) in [6.07, 6.45) is 2.96. The second-order valence-corrected chi connectivity index (χ2v) is 9.73. The molecule has 1 aliphatic rings. The first kappa shape index (κ1) is 16.7. The van der Waals surface area contributed by atoms with Crippen molar-refractivity contribution >= 4 is 49.1 Å². The van der Waals surface area contributed by atoms with Crippen molar-refractivity contribution in [2.75, 3.05) is 17.3 Å². The van der Waals surface area contributed by atoms with Gasteiger partial charge in [-0.1, -0.05) is 18.7 Å². The molecule has 3 rings (SSSR count). The molecular formula is C14H17N3O3S3. The van der Waals surface area contributed by atoms with Crippen molar-refractivity contribution in [2.24, 2.45) is 0 Å². The number of carbonyl (C=O) groups excluding carboxylic acids is 1. The predicted octanol–water partition coefficient (Wildman–Crippen LogP) is 1.65. The van der Waals surface area contributed by atoms with Crippen molar-refractivity contribution in [3.05, 3.63) is 17.3 Å². The second kappa shape index (κ2) is 6.74. The molecule has 0 aliphatic carbocycles. The van der Waals surface area contributed by atoms with Gasteiger partial charge in [-0.05, 0) is 18.9 Å². The zero-order valence-electron chi connectivity index (χ0n) is 12.6. The highest BCUT2D eigenvalue weighted by molar-refractivity contribution is 8.00. The van der Waals surface area contributed by atoms with E-state index in [0.717, 1.165) is 21.7 Å². The van der Waals surface area contributed by atoms with Crippen molar-refractivity contribution in [3.8, 4) is 0 Å². The van der Waals surface area contributed by atoms with Crippen LogP contribution in [-0.2, 0) is 21.1 Å². The molecule has 2 aromatic rings. The maximum absolute atomic E-state index is 12.0. The summed E-state index contributed by atoms with van der Waals surface area (Å²) in [6.45, 7) is 2.09. The predicted molar refractivity (Wildman–Crippen MR) is 92.7 cm³/mol. The molecule has 0 radical (unpaired) electrons. The van der Waals surface area contributed by atoms with Crippen molar-refractivity contribution < 1.29 is 13.2 Å². The van der Waals surface area contributed by atoms with Crippen LogP contribution in [0.4, 0.5) is 0 Å². The minimum absolute atomic E-state index is 0.0472. The van der Waals surface area contributed by atoms with Crippen LogP contribution in [0.1, 0.15) is 18.2 Å². The fourth-order valence-corrected chi connectivity index (χ4v) is 5.94. The average molecular weight is 372 g/mol. The molecule has 1 atom stereocenters. The van der Waals surface area contributed by atoms with E-state index in [9.17, 15) is 13.2 Å². The number of fused-ring (bicyclic) bond motifs is 1. The van der Waals surface area contributed by atoms with Crippen LogP contribution in [0.2, 0.25) is 0 Å². The highest BCUT2D eigenvalue weighted by atomic mass is 32.2. The van der Waals surface area contributed by atoms with Gasteiger partial charge in [-0.2, -0.15) is 0 Å². The van der Waals surface area contributed by atoms with Gasteiger partial charge in [0.1, 0.15) is 16.2 Å². The maximum Gasteiger partial charge on any atom is 0.230 e. The number of nitrogens with one attached hydrogen (secondary N) is 1. The van der Waals surface area contributed by atoms with E-state index in [4.69, 9.17) is 0 Å². The molecule has 124 valence electrons. The van der Waals surface area contributed by atoms with E-state index < -0.39 is 9.84 Å². The third-order valence-electron chi connectivity index (χ3n) is 3.63. The molecule has 9 heteroatoms. The van der Waals surface area contributed by atoms with Crippen LogP contribution < -0.4 is 5.32 Å². The molecule has 1 saturated heterocycles. The van der Waals surface area contributed by atoms with Crippen molar-refractivity contribution in [2.45, 2.75) is 30.8 Å². The molecule has 1 aliphatic heterocycles. The van der Waals surface area contributed by atoms with Crippen molar-refractivity contribution in [1.29, 1.82) is 0 Å². The van der Waals surface area contributed by atoms with E-state index in [1.807, 2.05) is 0 Å². The number of aromatic nitrogens is 2. The molecule has 0 aromatic carbocycles. The number of thiophene rings is 1. The Labute approximate surface area is 143 Å². The fraction of sp³-hybridized carbons (Fsp3) is 0.500. The van der Waals surface area contributed by atoms with E-state index in [1.54, 1.807) is 11.3 Å². The molecule has 6 nitrogen and oxygen atoms in total. The molecular weight excluding hydrogens is 354 g/mol. The van der Waals surface area contributed by atoms with Crippen LogP contribution in [0.5, 0.6) is 0 Å². The number of nitrogens with zero attached hydrogens (tertiary/aromatic N) is 2. The van der Waals surface area contributed by atoms with Gasteiger partial charge in [0.15, 0.2) is 9.84 Å². The first-order chi connectivity index (χ1) is 11.0.